The van der Waals surface area contributed by atoms with Crippen molar-refractivity contribution in [3.8, 4) is 5.69 Å². The first-order chi connectivity index (χ1) is 11.1. The van der Waals surface area contributed by atoms with Gasteiger partial charge in [0.25, 0.3) is 0 Å². The van der Waals surface area contributed by atoms with E-state index in [-0.39, 0.29) is 5.16 Å². The average Bonchev–Trinajstić information content (AvgIpc) is 2.42. The summed E-state index contributed by atoms with van der Waals surface area (Å²) in [7, 11) is 0. The first kappa shape index (κ1) is 18.3. The minimum atomic E-state index is -1.37. The van der Waals surface area contributed by atoms with Gasteiger partial charge >= 0.3 is 11.4 Å². The van der Waals surface area contributed by atoms with Crippen molar-refractivity contribution in [2.75, 3.05) is 5.75 Å². The van der Waals surface area contributed by atoms with E-state index in [1.54, 1.807) is 27.7 Å². The molecule has 1 heterocycles. The highest BCUT2D eigenvalue weighted by Crippen LogP contribution is 2.22. The molecule has 0 atom stereocenters. The lowest BCUT2D eigenvalue weighted by molar-refractivity contribution is 0.344. The summed E-state index contributed by atoms with van der Waals surface area (Å²) in [4.78, 5) is 28.8. The Balaban J connectivity index is 2.94. The second kappa shape index (κ2) is 6.46. The van der Waals surface area contributed by atoms with Gasteiger partial charge in [-0.3, -0.25) is 0 Å². The van der Waals surface area contributed by atoms with Gasteiger partial charge < -0.3 is 0 Å². The SMILES string of the molecule is CCSc1nc(=O)n(C(C)(C)C)c(=O)n1-c1cc(F)c(F)cc1F. The molecule has 0 fully saturated rings. The highest BCUT2D eigenvalue weighted by molar-refractivity contribution is 7.99. The van der Waals surface area contributed by atoms with Crippen LogP contribution in [0.15, 0.2) is 26.9 Å². The number of rotatable bonds is 3. The van der Waals surface area contributed by atoms with Crippen LogP contribution >= 0.6 is 11.8 Å². The molecule has 0 spiro atoms. The van der Waals surface area contributed by atoms with E-state index in [0.29, 0.717) is 17.9 Å². The molecule has 1 aromatic carbocycles. The van der Waals surface area contributed by atoms with Gasteiger partial charge in [-0.25, -0.2) is 31.9 Å². The van der Waals surface area contributed by atoms with E-state index >= 15 is 0 Å². The quantitative estimate of drug-likeness (QED) is 0.625. The van der Waals surface area contributed by atoms with Crippen LogP contribution in [0.3, 0.4) is 0 Å². The van der Waals surface area contributed by atoms with E-state index in [4.69, 9.17) is 0 Å². The van der Waals surface area contributed by atoms with Crippen molar-refractivity contribution in [1.29, 1.82) is 0 Å². The fourth-order valence-electron chi connectivity index (χ4n) is 2.13. The lowest BCUT2D eigenvalue weighted by Crippen LogP contribution is -2.49. The maximum atomic E-state index is 14.2. The summed E-state index contributed by atoms with van der Waals surface area (Å²) in [6.45, 7) is 6.57. The molecule has 9 heteroatoms. The van der Waals surface area contributed by atoms with Crippen molar-refractivity contribution in [2.24, 2.45) is 0 Å². The minimum absolute atomic E-state index is 0.0853. The number of benzene rings is 1. The molecule has 130 valence electrons. The normalized spacial score (nSPS) is 11.8. The Morgan fingerprint density at radius 1 is 1.08 bits per heavy atom. The summed E-state index contributed by atoms with van der Waals surface area (Å²) in [6.07, 6.45) is 0. The van der Waals surface area contributed by atoms with Gasteiger partial charge in [0.1, 0.15) is 0 Å². The molecule has 1 aromatic heterocycles. The van der Waals surface area contributed by atoms with Gasteiger partial charge in [-0.1, -0.05) is 18.7 Å². The first-order valence-electron chi connectivity index (χ1n) is 7.12. The Labute approximate surface area is 140 Å². The number of nitrogens with zero attached hydrogens (tertiary/aromatic N) is 3. The topological polar surface area (TPSA) is 56.9 Å². The number of hydrogen-bond acceptors (Lipinski definition) is 4. The molecule has 0 saturated carbocycles. The van der Waals surface area contributed by atoms with Crippen molar-refractivity contribution in [3.63, 3.8) is 0 Å². The fourth-order valence-corrected chi connectivity index (χ4v) is 2.84. The highest BCUT2D eigenvalue weighted by atomic mass is 32.2. The molecule has 0 aliphatic carbocycles. The van der Waals surface area contributed by atoms with Crippen LogP contribution in [0.25, 0.3) is 5.69 Å². The molecule has 0 amide bonds. The summed E-state index contributed by atoms with van der Waals surface area (Å²) < 4.78 is 42.5. The zero-order chi connectivity index (χ0) is 18.2. The minimum Gasteiger partial charge on any atom is -0.247 e. The van der Waals surface area contributed by atoms with Gasteiger partial charge in [-0.2, -0.15) is 4.98 Å². The van der Waals surface area contributed by atoms with E-state index in [9.17, 15) is 22.8 Å². The molecule has 5 nitrogen and oxygen atoms in total. The summed E-state index contributed by atoms with van der Waals surface area (Å²) in [5, 5.41) is -0.0853. The third kappa shape index (κ3) is 3.26. The van der Waals surface area contributed by atoms with Crippen LogP contribution in [0.1, 0.15) is 27.7 Å². The predicted octanol–water partition coefficient (Wildman–Crippen LogP) is 2.68. The van der Waals surface area contributed by atoms with Crippen molar-refractivity contribution >= 4 is 11.8 Å². The zero-order valence-corrected chi connectivity index (χ0v) is 14.4. The fraction of sp³-hybridized carbons (Fsp3) is 0.400. The summed E-state index contributed by atoms with van der Waals surface area (Å²) in [5.74, 6) is -3.36. The second-order valence-corrected chi connectivity index (χ2v) is 7.18. The molecule has 0 bridgehead atoms. The Morgan fingerprint density at radius 3 is 2.21 bits per heavy atom. The van der Waals surface area contributed by atoms with Crippen LogP contribution in [-0.2, 0) is 5.54 Å². The number of halogens is 3. The van der Waals surface area contributed by atoms with Crippen LogP contribution in [0.5, 0.6) is 0 Å². The largest absolute Gasteiger partial charge is 0.354 e. The summed E-state index contributed by atoms with van der Waals surface area (Å²) >= 11 is 1.02. The molecule has 24 heavy (non-hydrogen) atoms. The van der Waals surface area contributed by atoms with Crippen LogP contribution in [-0.4, -0.2) is 19.9 Å². The molecule has 2 rings (SSSR count). The van der Waals surface area contributed by atoms with Crippen molar-refractivity contribution in [1.82, 2.24) is 14.1 Å². The van der Waals surface area contributed by atoms with Crippen molar-refractivity contribution in [2.45, 2.75) is 38.4 Å². The molecule has 0 aliphatic rings. The average molecular weight is 359 g/mol. The predicted molar refractivity (Wildman–Crippen MR) is 85.4 cm³/mol. The molecule has 0 saturated heterocycles. The summed E-state index contributed by atoms with van der Waals surface area (Å²) in [6, 6.07) is 0.926. The van der Waals surface area contributed by atoms with Crippen LogP contribution < -0.4 is 11.4 Å². The molecular formula is C15H16F3N3O2S. The molecule has 2 aromatic rings. The lowest BCUT2D eigenvalue weighted by Gasteiger charge is -2.23. The van der Waals surface area contributed by atoms with E-state index in [1.807, 2.05) is 0 Å². The first-order valence-corrected chi connectivity index (χ1v) is 8.10. The van der Waals surface area contributed by atoms with Crippen molar-refractivity contribution < 1.29 is 13.2 Å². The third-order valence-electron chi connectivity index (χ3n) is 3.13. The molecule has 0 aliphatic heterocycles. The van der Waals surface area contributed by atoms with E-state index in [1.165, 1.54) is 0 Å². The molecular weight excluding hydrogens is 343 g/mol. The van der Waals surface area contributed by atoms with Gasteiger partial charge in [0.2, 0.25) is 0 Å². The van der Waals surface area contributed by atoms with Gasteiger partial charge in [0.15, 0.2) is 22.6 Å². The van der Waals surface area contributed by atoms with Crippen LogP contribution in [0.2, 0.25) is 0 Å². The monoisotopic (exact) mass is 359 g/mol. The third-order valence-corrected chi connectivity index (χ3v) is 3.95. The Bertz CT molecular complexity index is 901. The highest BCUT2D eigenvalue weighted by Gasteiger charge is 2.25. The maximum Gasteiger partial charge on any atom is 0.354 e. The van der Waals surface area contributed by atoms with E-state index in [0.717, 1.165) is 20.9 Å². The standard InChI is InChI=1S/C15H16F3N3O2S/c1-5-24-13-19-12(22)21(15(2,3)4)14(23)20(13)11-7-9(17)8(16)6-10(11)18/h6-7H,5H2,1-4H3. The second-order valence-electron chi connectivity index (χ2n) is 5.95. The van der Waals surface area contributed by atoms with Gasteiger partial charge in [0.05, 0.1) is 5.69 Å². The molecule has 0 N–H and O–H groups in total. The van der Waals surface area contributed by atoms with Gasteiger partial charge in [-0.05, 0) is 26.5 Å². The number of hydrogen-bond donors (Lipinski definition) is 0. The van der Waals surface area contributed by atoms with Crippen LogP contribution in [0, 0.1) is 17.5 Å². The van der Waals surface area contributed by atoms with Gasteiger partial charge in [-0.15, -0.1) is 0 Å². The summed E-state index contributed by atoms with van der Waals surface area (Å²) in [5.41, 5.74) is -3.08. The smallest absolute Gasteiger partial charge is 0.247 e. The van der Waals surface area contributed by atoms with Crippen molar-refractivity contribution in [3.05, 3.63) is 50.6 Å². The number of aromatic nitrogens is 3. The Hall–Kier alpha value is -2.03. The molecule has 0 radical (unpaired) electrons. The molecule has 0 unspecified atom stereocenters. The zero-order valence-electron chi connectivity index (χ0n) is 13.6. The van der Waals surface area contributed by atoms with E-state index < -0.39 is 40.1 Å². The lowest BCUT2D eigenvalue weighted by atomic mass is 10.1. The Morgan fingerprint density at radius 2 is 1.67 bits per heavy atom. The number of thioether (sulfide) groups is 1. The van der Waals surface area contributed by atoms with Crippen LogP contribution in [0.4, 0.5) is 13.2 Å². The van der Waals surface area contributed by atoms with E-state index in [2.05, 4.69) is 4.98 Å². The maximum absolute atomic E-state index is 14.2. The van der Waals surface area contributed by atoms with Gasteiger partial charge in [0, 0.05) is 17.7 Å². The Kier molecular flexibility index (Phi) is 4.93.